The lowest BCUT2D eigenvalue weighted by Gasteiger charge is -2.13. The van der Waals surface area contributed by atoms with Crippen LogP contribution in [0.3, 0.4) is 0 Å². The van der Waals surface area contributed by atoms with E-state index >= 15 is 0 Å². The summed E-state index contributed by atoms with van der Waals surface area (Å²) >= 11 is 0. The number of fused-ring (bicyclic) bond motifs is 1. The van der Waals surface area contributed by atoms with Crippen molar-refractivity contribution in [3.8, 4) is 11.5 Å². The van der Waals surface area contributed by atoms with Crippen molar-refractivity contribution in [1.29, 1.82) is 0 Å². The number of oxazole rings is 1. The maximum Gasteiger partial charge on any atom is 0.416 e. The molecule has 8 heteroatoms. The third-order valence-corrected chi connectivity index (χ3v) is 4.76. The molecule has 2 N–H and O–H groups in total. The second-order valence-electron chi connectivity index (χ2n) is 7.11. The van der Waals surface area contributed by atoms with E-state index in [2.05, 4.69) is 10.3 Å². The van der Waals surface area contributed by atoms with Gasteiger partial charge in [-0.05, 0) is 48.2 Å². The second kappa shape index (κ2) is 9.30. The number of aliphatic carboxylic acids is 1. The number of benzene rings is 2. The van der Waals surface area contributed by atoms with Crippen molar-refractivity contribution in [2.45, 2.75) is 45.3 Å². The zero-order chi connectivity index (χ0) is 21.7. The van der Waals surface area contributed by atoms with E-state index in [-0.39, 0.29) is 23.4 Å². The van der Waals surface area contributed by atoms with Gasteiger partial charge in [-0.3, -0.25) is 4.79 Å². The molecule has 1 aromatic heterocycles. The zero-order valence-electron chi connectivity index (χ0n) is 16.6. The highest BCUT2D eigenvalue weighted by Gasteiger charge is 2.33. The minimum atomic E-state index is -4.44. The van der Waals surface area contributed by atoms with E-state index in [1.54, 1.807) is 18.2 Å². The van der Waals surface area contributed by atoms with E-state index in [4.69, 9.17) is 9.52 Å². The lowest BCUT2D eigenvalue weighted by atomic mass is 9.99. The van der Waals surface area contributed by atoms with E-state index in [1.165, 1.54) is 6.07 Å². The van der Waals surface area contributed by atoms with Gasteiger partial charge >= 0.3 is 12.1 Å². The minimum Gasteiger partial charge on any atom is -0.481 e. The Kier molecular flexibility index (Phi) is 6.77. The van der Waals surface area contributed by atoms with Gasteiger partial charge in [-0.2, -0.15) is 13.2 Å². The number of nitrogens with zero attached hydrogens (tertiary/aromatic N) is 1. The molecule has 0 saturated carbocycles. The van der Waals surface area contributed by atoms with Crippen molar-refractivity contribution >= 4 is 17.1 Å². The van der Waals surface area contributed by atoms with Gasteiger partial charge in [-0.1, -0.05) is 25.5 Å². The van der Waals surface area contributed by atoms with Crippen LogP contribution in [0.2, 0.25) is 0 Å². The Morgan fingerprint density at radius 2 is 2.00 bits per heavy atom. The fourth-order valence-corrected chi connectivity index (χ4v) is 3.19. The van der Waals surface area contributed by atoms with Crippen LogP contribution in [0.15, 0.2) is 40.8 Å². The quantitative estimate of drug-likeness (QED) is 0.452. The second-order valence-corrected chi connectivity index (χ2v) is 7.11. The van der Waals surface area contributed by atoms with Gasteiger partial charge in [0.1, 0.15) is 5.52 Å². The summed E-state index contributed by atoms with van der Waals surface area (Å²) in [4.78, 5) is 14.9. The maximum atomic E-state index is 13.5. The molecule has 5 nitrogen and oxygen atoms in total. The highest BCUT2D eigenvalue weighted by molar-refractivity contribution is 5.77. The molecule has 0 unspecified atom stereocenters. The van der Waals surface area contributed by atoms with Gasteiger partial charge in [0.2, 0.25) is 5.89 Å². The summed E-state index contributed by atoms with van der Waals surface area (Å²) in [7, 11) is 0. The van der Waals surface area contributed by atoms with Crippen LogP contribution in [0, 0.1) is 0 Å². The highest BCUT2D eigenvalue weighted by Crippen LogP contribution is 2.36. The number of aryl methyl sites for hydroxylation is 1. The summed E-state index contributed by atoms with van der Waals surface area (Å²) in [6.07, 6.45) is -2.55. The van der Waals surface area contributed by atoms with Gasteiger partial charge in [0.25, 0.3) is 0 Å². The van der Waals surface area contributed by atoms with E-state index < -0.39 is 17.7 Å². The number of hydrogen-bond donors (Lipinski definition) is 2. The van der Waals surface area contributed by atoms with Crippen molar-refractivity contribution in [3.05, 3.63) is 53.1 Å². The van der Waals surface area contributed by atoms with E-state index in [0.29, 0.717) is 37.0 Å². The van der Waals surface area contributed by atoms with Crippen molar-refractivity contribution in [1.82, 2.24) is 10.3 Å². The molecule has 30 heavy (non-hydrogen) atoms. The average Bonchev–Trinajstić information content (AvgIpc) is 3.12. The van der Waals surface area contributed by atoms with Crippen LogP contribution in [0.1, 0.15) is 42.9 Å². The summed E-state index contributed by atoms with van der Waals surface area (Å²) < 4.78 is 46.3. The number of unbranched alkanes of at least 4 members (excludes halogenated alkanes) is 1. The number of carbonyl (C=O) groups is 1. The molecule has 0 atom stereocenters. The molecule has 0 aliphatic carbocycles. The number of halogens is 3. The molecule has 3 aromatic rings. The normalized spacial score (nSPS) is 11.9. The van der Waals surface area contributed by atoms with Crippen molar-refractivity contribution in [2.75, 3.05) is 6.54 Å². The van der Waals surface area contributed by atoms with Crippen molar-refractivity contribution in [2.24, 2.45) is 0 Å². The monoisotopic (exact) mass is 420 g/mol. The number of nitrogens with one attached hydrogen (secondary N) is 1. The van der Waals surface area contributed by atoms with Gasteiger partial charge in [0.15, 0.2) is 5.58 Å². The van der Waals surface area contributed by atoms with E-state index in [1.807, 2.05) is 13.0 Å². The van der Waals surface area contributed by atoms with Gasteiger partial charge in [-0.15, -0.1) is 0 Å². The Balaban J connectivity index is 1.84. The molecule has 0 amide bonds. The number of alkyl halides is 3. The number of carboxylic acid groups (broad SMARTS) is 1. The molecule has 3 rings (SSSR count). The number of hydrogen-bond acceptors (Lipinski definition) is 4. The van der Waals surface area contributed by atoms with Crippen LogP contribution in [0.4, 0.5) is 13.2 Å². The minimum absolute atomic E-state index is 0.0183. The fraction of sp³-hybridized carbons (Fsp3) is 0.364. The van der Waals surface area contributed by atoms with Crippen molar-refractivity contribution < 1.29 is 27.5 Å². The van der Waals surface area contributed by atoms with Crippen LogP contribution in [0.25, 0.3) is 22.6 Å². The summed E-state index contributed by atoms with van der Waals surface area (Å²) in [5.41, 5.74) is 1.77. The fourth-order valence-electron chi connectivity index (χ4n) is 3.19. The molecule has 0 radical (unpaired) electrons. The first-order valence-electron chi connectivity index (χ1n) is 9.80. The third kappa shape index (κ3) is 5.38. The standard InChI is InChI=1S/C22H23F3N2O3/c1-2-3-4-15-6-7-16(12-17(15)22(23,24)25)21-27-18-8-5-14(11-19(18)30-21)13-26-10-9-20(28)29/h5-8,11-12,26H,2-4,9-10,13H2,1H3,(H,28,29). The maximum absolute atomic E-state index is 13.5. The van der Waals surface area contributed by atoms with Gasteiger partial charge in [0.05, 0.1) is 12.0 Å². The Morgan fingerprint density at radius 3 is 2.70 bits per heavy atom. The Morgan fingerprint density at radius 1 is 1.20 bits per heavy atom. The van der Waals surface area contributed by atoms with Gasteiger partial charge < -0.3 is 14.8 Å². The highest BCUT2D eigenvalue weighted by atomic mass is 19.4. The first kappa shape index (κ1) is 21.8. The Hall–Kier alpha value is -2.87. The number of aromatic nitrogens is 1. The van der Waals surface area contributed by atoms with Crippen molar-refractivity contribution in [3.63, 3.8) is 0 Å². The van der Waals surface area contributed by atoms with Crippen LogP contribution in [0.5, 0.6) is 0 Å². The van der Waals surface area contributed by atoms with E-state index in [9.17, 15) is 18.0 Å². The van der Waals surface area contributed by atoms with E-state index in [0.717, 1.165) is 18.1 Å². The first-order valence-corrected chi connectivity index (χ1v) is 9.80. The molecular formula is C22H23F3N2O3. The SMILES string of the molecule is CCCCc1ccc(-c2nc3ccc(CNCCC(=O)O)cc3o2)cc1C(F)(F)F. The molecule has 0 aliphatic rings. The first-order chi connectivity index (χ1) is 14.3. The Labute approximate surface area is 171 Å². The molecule has 0 bridgehead atoms. The van der Waals surface area contributed by atoms with Gasteiger partial charge in [0, 0.05) is 18.7 Å². The molecule has 0 aliphatic heterocycles. The lowest BCUT2D eigenvalue weighted by molar-refractivity contribution is -0.138. The molecule has 0 spiro atoms. The van der Waals surface area contributed by atoms with Crippen LogP contribution in [-0.4, -0.2) is 22.6 Å². The van der Waals surface area contributed by atoms with Gasteiger partial charge in [-0.25, -0.2) is 4.98 Å². The number of rotatable bonds is 9. The molecule has 2 aromatic carbocycles. The lowest BCUT2D eigenvalue weighted by Crippen LogP contribution is -2.17. The topological polar surface area (TPSA) is 75.4 Å². The molecule has 1 heterocycles. The molecule has 0 fully saturated rings. The zero-order valence-corrected chi connectivity index (χ0v) is 16.6. The van der Waals surface area contributed by atoms with Crippen LogP contribution in [-0.2, 0) is 23.9 Å². The summed E-state index contributed by atoms with van der Waals surface area (Å²) in [6, 6.07) is 9.51. The predicted octanol–water partition coefficient (Wildman–Crippen LogP) is 5.42. The summed E-state index contributed by atoms with van der Waals surface area (Å²) in [5, 5.41) is 11.7. The predicted molar refractivity (Wildman–Crippen MR) is 107 cm³/mol. The smallest absolute Gasteiger partial charge is 0.416 e. The average molecular weight is 420 g/mol. The third-order valence-electron chi connectivity index (χ3n) is 4.76. The van der Waals surface area contributed by atoms with Crippen LogP contribution >= 0.6 is 0 Å². The molecule has 160 valence electrons. The summed E-state index contributed by atoms with van der Waals surface area (Å²) in [6.45, 7) is 2.72. The Bertz CT molecular complexity index is 1030. The largest absolute Gasteiger partial charge is 0.481 e. The van der Waals surface area contributed by atoms with Crippen LogP contribution < -0.4 is 5.32 Å². The number of carboxylic acids is 1. The molecular weight excluding hydrogens is 397 g/mol. The summed E-state index contributed by atoms with van der Waals surface area (Å²) in [5.74, 6) is -0.745. The molecule has 0 saturated heterocycles.